The Morgan fingerprint density at radius 2 is 1.73 bits per heavy atom. The number of fused-ring (bicyclic) bond motifs is 1. The van der Waals surface area contributed by atoms with Gasteiger partial charge in [-0.3, -0.25) is 18.5 Å². The number of ether oxygens (including phenoxy) is 2. The molecule has 0 saturated carbocycles. The fourth-order valence-electron chi connectivity index (χ4n) is 4.79. The lowest BCUT2D eigenvalue weighted by Gasteiger charge is -2.26. The monoisotopic (exact) mass is 665 g/mol. The molecule has 23 heteroatoms. The third-order valence-corrected chi connectivity index (χ3v) is 9.57. The van der Waals surface area contributed by atoms with E-state index in [9.17, 15) is 44.1 Å². The van der Waals surface area contributed by atoms with Gasteiger partial charge in [-0.1, -0.05) is 6.08 Å². The molecule has 2 aromatic rings. The van der Waals surface area contributed by atoms with Gasteiger partial charge in [0.25, 0.3) is 13.7 Å². The second kappa shape index (κ2) is 12.6. The van der Waals surface area contributed by atoms with Gasteiger partial charge in [0.05, 0.1) is 19.5 Å². The van der Waals surface area contributed by atoms with Crippen molar-refractivity contribution in [1.29, 1.82) is 0 Å². The van der Waals surface area contributed by atoms with E-state index in [1.54, 1.807) is 0 Å². The van der Waals surface area contributed by atoms with Gasteiger partial charge in [0, 0.05) is 0 Å². The zero-order valence-corrected chi connectivity index (χ0v) is 24.1. The SMILES string of the molecule is NC(=O)C1C=CC=C(C2OC(COP(=O)([O-])OP(=O)(O)OCC3OC(n4cnc5c(N)ncnc54)C(O)C3O)C(O)C2O)[NH2+]1. The first-order chi connectivity index (χ1) is 20.7. The molecule has 0 aromatic carbocycles. The predicted octanol–water partition coefficient (Wildman–Crippen LogP) is -4.99. The van der Waals surface area contributed by atoms with Crippen LogP contribution < -0.4 is 21.7 Å². The third kappa shape index (κ3) is 6.76. The van der Waals surface area contributed by atoms with E-state index in [1.165, 1.54) is 34.4 Å². The number of anilines is 1. The highest BCUT2D eigenvalue weighted by Gasteiger charge is 2.48. The van der Waals surface area contributed by atoms with Gasteiger partial charge in [-0.2, -0.15) is 0 Å². The first-order valence-corrected chi connectivity index (χ1v) is 15.8. The molecule has 2 saturated heterocycles. The van der Waals surface area contributed by atoms with Gasteiger partial charge in [0.2, 0.25) is 0 Å². The van der Waals surface area contributed by atoms with E-state index in [0.29, 0.717) is 5.70 Å². The average Bonchev–Trinajstić information content (AvgIpc) is 3.61. The molecule has 5 heterocycles. The number of quaternary nitrogens is 1. The molecule has 21 nitrogen and oxygen atoms in total. The summed E-state index contributed by atoms with van der Waals surface area (Å²) in [5, 5.41) is 43.0. The van der Waals surface area contributed by atoms with E-state index in [4.69, 9.17) is 20.9 Å². The number of nitrogens with zero attached hydrogens (tertiary/aromatic N) is 4. The van der Waals surface area contributed by atoms with Gasteiger partial charge in [0.1, 0.15) is 54.2 Å². The Bertz CT molecular complexity index is 1560. The number of aromatic nitrogens is 4. The Labute approximate surface area is 246 Å². The highest BCUT2D eigenvalue weighted by atomic mass is 31.3. The van der Waals surface area contributed by atoms with E-state index in [-0.39, 0.29) is 17.0 Å². The molecule has 2 aromatic heterocycles. The molecule has 0 spiro atoms. The van der Waals surface area contributed by atoms with Crippen molar-refractivity contribution in [1.82, 2.24) is 19.5 Å². The molecule has 0 radical (unpaired) electrons. The van der Waals surface area contributed by atoms with Crippen LogP contribution >= 0.6 is 15.6 Å². The normalized spacial score (nSPS) is 35.0. The van der Waals surface area contributed by atoms with Crippen LogP contribution in [0.1, 0.15) is 6.23 Å². The van der Waals surface area contributed by atoms with Crippen LogP contribution in [0, 0.1) is 0 Å². The molecule has 11 unspecified atom stereocenters. The summed E-state index contributed by atoms with van der Waals surface area (Å²) in [6.07, 6.45) is -4.96. The molecule has 2 fully saturated rings. The van der Waals surface area contributed by atoms with Gasteiger partial charge in [-0.25, -0.2) is 23.8 Å². The lowest BCUT2D eigenvalue weighted by molar-refractivity contribution is -0.628. The molecule has 3 aliphatic heterocycles. The number of imidazole rings is 1. The van der Waals surface area contributed by atoms with E-state index >= 15 is 0 Å². The number of allylic oxidation sites excluding steroid dienone is 2. The topological polar surface area (TPSA) is 334 Å². The van der Waals surface area contributed by atoms with Crippen molar-refractivity contribution >= 4 is 38.5 Å². The van der Waals surface area contributed by atoms with Crippen LogP contribution in [0.3, 0.4) is 0 Å². The van der Waals surface area contributed by atoms with Crippen molar-refractivity contribution in [3.8, 4) is 0 Å². The predicted molar refractivity (Wildman–Crippen MR) is 139 cm³/mol. The quantitative estimate of drug-likeness (QED) is 0.104. The molecule has 11 N–H and O–H groups in total. The number of carbonyl (C=O) groups excluding carboxylic acids is 1. The average molecular weight is 665 g/mol. The van der Waals surface area contributed by atoms with Gasteiger partial charge < -0.3 is 61.0 Å². The molecule has 1 amide bonds. The molecule has 44 heavy (non-hydrogen) atoms. The van der Waals surface area contributed by atoms with E-state index in [2.05, 4.69) is 28.3 Å². The zero-order chi connectivity index (χ0) is 32.0. The van der Waals surface area contributed by atoms with Crippen LogP contribution in [0.2, 0.25) is 0 Å². The fraction of sp³-hybridized carbons (Fsp3) is 0.524. The van der Waals surface area contributed by atoms with Crippen molar-refractivity contribution in [2.24, 2.45) is 5.73 Å². The molecule has 242 valence electrons. The van der Waals surface area contributed by atoms with Gasteiger partial charge >= 0.3 is 7.82 Å². The van der Waals surface area contributed by atoms with Crippen LogP contribution in [0.15, 0.2) is 36.6 Å². The summed E-state index contributed by atoms with van der Waals surface area (Å²) >= 11 is 0. The number of nitrogen functional groups attached to an aromatic ring is 1. The zero-order valence-electron chi connectivity index (χ0n) is 22.3. The molecule has 5 rings (SSSR count). The van der Waals surface area contributed by atoms with Crippen molar-refractivity contribution in [2.45, 2.75) is 55.0 Å². The number of aliphatic hydroxyl groups is 4. The van der Waals surface area contributed by atoms with Crippen LogP contribution in [-0.2, 0) is 36.8 Å². The minimum absolute atomic E-state index is 0.0465. The summed E-state index contributed by atoms with van der Waals surface area (Å²) in [6.45, 7) is -1.86. The highest BCUT2D eigenvalue weighted by molar-refractivity contribution is 7.60. The Morgan fingerprint density at radius 3 is 2.45 bits per heavy atom. The maximum Gasteiger partial charge on any atom is 0.478 e. The number of rotatable bonds is 11. The van der Waals surface area contributed by atoms with Crippen molar-refractivity contribution in [3.05, 3.63) is 36.6 Å². The Morgan fingerprint density at radius 1 is 1.05 bits per heavy atom. The smallest absolute Gasteiger partial charge is 0.478 e. The number of amides is 1. The molecule has 0 bridgehead atoms. The van der Waals surface area contributed by atoms with Crippen molar-refractivity contribution < 1.29 is 72.3 Å². The Hall–Kier alpha value is -2.72. The van der Waals surface area contributed by atoms with E-state index < -0.39 is 89.8 Å². The highest BCUT2D eigenvalue weighted by Crippen LogP contribution is 2.58. The number of hydrogen-bond acceptors (Lipinski definition) is 17. The fourth-order valence-corrected chi connectivity index (χ4v) is 6.85. The second-order valence-corrected chi connectivity index (χ2v) is 12.9. The summed E-state index contributed by atoms with van der Waals surface area (Å²) in [5.74, 6) is -0.623. The minimum atomic E-state index is -5.61. The third-order valence-electron chi connectivity index (χ3n) is 7.00. The standard InChI is InChI=1S/C21H29N7O14P2/c22-18-12-20(25-6-24-18)28(7-26-12)21-16(32)14(30)11(41-21)5-39-44(36,37)42-43(34,35)38-4-10-13(29)15(31)17(40-10)8-2-1-3-9(27-8)19(23)33/h1-3,6-7,9-11,13-17,21,27,29-32H,4-5H2,(H2,23,33)(H,34,35)(H,36,37)(H2,22,24,25). The number of primary amides is 1. The maximum absolute atomic E-state index is 12.4. The van der Waals surface area contributed by atoms with Crippen LogP contribution in [0.5, 0.6) is 0 Å². The van der Waals surface area contributed by atoms with Crippen LogP contribution in [-0.4, -0.2) is 113 Å². The van der Waals surface area contributed by atoms with E-state index in [1.807, 2.05) is 0 Å². The molecular formula is C21H29N7O14P2. The molecule has 3 aliphatic rings. The Balaban J connectivity index is 1.14. The molecule has 0 aliphatic carbocycles. The number of carbonyl (C=O) groups is 1. The summed E-state index contributed by atoms with van der Waals surface area (Å²) < 4.78 is 50.4. The largest absolute Gasteiger partial charge is 0.756 e. The number of phosphoric acid groups is 2. The number of nitrogens with two attached hydrogens (primary N) is 3. The summed E-state index contributed by atoms with van der Waals surface area (Å²) in [7, 11) is -11.0. The number of aliphatic hydroxyl groups excluding tert-OH is 4. The lowest BCUT2D eigenvalue weighted by atomic mass is 10.0. The minimum Gasteiger partial charge on any atom is -0.756 e. The summed E-state index contributed by atoms with van der Waals surface area (Å²) in [6, 6.07) is -0.795. The summed E-state index contributed by atoms with van der Waals surface area (Å²) in [5.41, 5.74) is 11.7. The van der Waals surface area contributed by atoms with Gasteiger partial charge in [-0.15, -0.1) is 0 Å². The molecular weight excluding hydrogens is 636 g/mol. The first kappa shape index (κ1) is 32.7. The first-order valence-electron chi connectivity index (χ1n) is 12.8. The number of hydrogen-bond donors (Lipinski definition) is 8. The van der Waals surface area contributed by atoms with Crippen molar-refractivity contribution in [2.75, 3.05) is 18.9 Å². The lowest BCUT2D eigenvalue weighted by Crippen LogP contribution is -2.92. The maximum atomic E-state index is 12.4. The second-order valence-electron chi connectivity index (χ2n) is 9.94. The van der Waals surface area contributed by atoms with E-state index in [0.717, 1.165) is 6.33 Å². The Kier molecular flexibility index (Phi) is 9.34. The molecule has 11 atom stereocenters. The van der Waals surface area contributed by atoms with Crippen LogP contribution in [0.4, 0.5) is 5.82 Å². The summed E-state index contributed by atoms with van der Waals surface area (Å²) in [4.78, 5) is 45.6. The van der Waals surface area contributed by atoms with Gasteiger partial charge in [-0.05, 0) is 12.2 Å². The van der Waals surface area contributed by atoms with Crippen LogP contribution in [0.25, 0.3) is 11.2 Å². The van der Waals surface area contributed by atoms with Crippen molar-refractivity contribution in [3.63, 3.8) is 0 Å². The number of phosphoric ester groups is 2. The van der Waals surface area contributed by atoms with Gasteiger partial charge in [0.15, 0.2) is 29.8 Å².